The first-order valence-corrected chi connectivity index (χ1v) is 29.8. The Morgan fingerprint density at radius 1 is 0.537 bits per heavy atom. The number of phosphoric acid groups is 3. The Kier molecular flexibility index (Phi) is 16.2. The number of nitrogen functional groups attached to an aromatic ring is 4. The Hall–Kier alpha value is -6.28. The van der Waals surface area contributed by atoms with E-state index in [2.05, 4.69) is 54.4 Å². The molecule has 39 nitrogen and oxygen atoms in total. The Labute approximate surface area is 457 Å². The summed E-state index contributed by atoms with van der Waals surface area (Å²) in [5.74, 6) is 0.0241. The molecule has 43 heteroatoms. The molecule has 0 radical (unpaired) electrons. The number of fused-ring (bicyclic) bond motifs is 3. The number of imidazole rings is 3. The van der Waals surface area contributed by atoms with E-state index in [0.717, 1.165) is 17.2 Å². The molecule has 11 rings (SSSR count). The minimum absolute atomic E-state index is 0.00190. The van der Waals surface area contributed by atoms with Crippen molar-refractivity contribution in [3.63, 3.8) is 0 Å². The first-order chi connectivity index (χ1) is 39.1. The molecule has 4 aliphatic rings. The van der Waals surface area contributed by atoms with E-state index in [1.54, 1.807) is 0 Å². The van der Waals surface area contributed by atoms with Gasteiger partial charge in [0.25, 0.3) is 0 Å². The summed E-state index contributed by atoms with van der Waals surface area (Å²) in [4.78, 5) is 86.9. The van der Waals surface area contributed by atoms with E-state index in [4.69, 9.17) is 69.0 Å². The Morgan fingerprint density at radius 3 is 1.30 bits per heavy atom. The van der Waals surface area contributed by atoms with E-state index in [9.17, 15) is 47.4 Å². The highest BCUT2D eigenvalue weighted by atomic mass is 31.2. The van der Waals surface area contributed by atoms with Crippen molar-refractivity contribution < 1.29 is 93.2 Å². The number of ether oxygens (including phenoxy) is 4. The number of aromatic nitrogens is 14. The van der Waals surface area contributed by atoms with Gasteiger partial charge in [0.15, 0.2) is 34.4 Å². The zero-order chi connectivity index (χ0) is 57.8. The minimum Gasteiger partial charge on any atom is -0.390 e. The van der Waals surface area contributed by atoms with Crippen LogP contribution in [0.3, 0.4) is 0 Å². The van der Waals surface area contributed by atoms with Gasteiger partial charge in [-0.15, -0.1) is 0 Å². The van der Waals surface area contributed by atoms with E-state index < -0.39 is 137 Å². The fourth-order valence-corrected chi connectivity index (χ4v) is 12.7. The molecule has 0 saturated carbocycles. The van der Waals surface area contributed by atoms with Crippen molar-refractivity contribution in [3.8, 4) is 0 Å². The van der Waals surface area contributed by atoms with Crippen LogP contribution in [0.4, 0.5) is 23.3 Å². The van der Waals surface area contributed by atoms with Crippen LogP contribution >= 0.6 is 31.4 Å². The van der Waals surface area contributed by atoms with Gasteiger partial charge in [-0.1, -0.05) is 0 Å². The number of hydrogen-bond acceptors (Lipinski definition) is 32. The lowest BCUT2D eigenvalue weighted by atomic mass is 10.2. The molecule has 3 unspecified atom stereocenters. The Bertz CT molecular complexity index is 3790. The minimum atomic E-state index is -5.34. The fraction of sp³-hybridized carbons (Fsp3) is 0.513. The van der Waals surface area contributed by atoms with Gasteiger partial charge >= 0.3 is 37.1 Å². The number of hydrogen-bond donors (Lipinski definition) is 8. The number of aliphatic hydroxyl groups excluding tert-OH is 1. The number of nitrogens with two attached hydrogens (primary N) is 4. The summed E-state index contributed by atoms with van der Waals surface area (Å²) in [5.41, 5.74) is 24.0. The number of rotatable bonds is 22. The van der Waals surface area contributed by atoms with Gasteiger partial charge in [0.05, 0.1) is 51.5 Å². The van der Waals surface area contributed by atoms with E-state index in [0.29, 0.717) is 5.65 Å². The number of aliphatic hydroxyl groups is 1. The lowest BCUT2D eigenvalue weighted by molar-refractivity contribution is -0.0617. The van der Waals surface area contributed by atoms with Gasteiger partial charge in [-0.3, -0.25) is 49.9 Å². The average molecular weight is 1230 g/mol. The SMILES string of the molecule is Nc1ccn([C@H]2C[C@H](OP(=O)(O)OC[C@H]3O[C@@H](n4cnc5c(N)ncnc54)C[C@@H]3OP(=O)(O)OC[C@H]3O[C@@H](n4cnc5c(N)ncnc54)C[C@@H]3OP(=O)(O)OC[C@H]3O[C@@H](n4cnc5c(N)ncnc54)C[C@@H]3O)[C@@H](COP(=O)=O)O2)c(=O)n1. The maximum Gasteiger partial charge on any atom is 0.472 e. The lowest BCUT2D eigenvalue weighted by Crippen LogP contribution is -2.31. The van der Waals surface area contributed by atoms with E-state index in [1.165, 1.54) is 51.3 Å². The van der Waals surface area contributed by atoms with Crippen LogP contribution in [-0.4, -0.2) is 163 Å². The second-order valence-corrected chi connectivity index (χ2v) is 23.5. The molecule has 12 N–H and O–H groups in total. The van der Waals surface area contributed by atoms with Crippen LogP contribution < -0.4 is 28.6 Å². The van der Waals surface area contributed by atoms with Crippen LogP contribution in [0.15, 0.2) is 55.0 Å². The summed E-state index contributed by atoms with van der Waals surface area (Å²) in [6, 6.07) is 1.28. The molecule has 0 bridgehead atoms. The third kappa shape index (κ3) is 12.3. The van der Waals surface area contributed by atoms with Gasteiger partial charge in [0.1, 0.15) is 109 Å². The topological polar surface area (TPSA) is 538 Å². The van der Waals surface area contributed by atoms with Crippen LogP contribution in [0.5, 0.6) is 0 Å². The van der Waals surface area contributed by atoms with Crippen LogP contribution in [0.1, 0.15) is 50.6 Å². The molecule has 7 aromatic heterocycles. The molecule has 11 heterocycles. The van der Waals surface area contributed by atoms with Gasteiger partial charge in [-0.25, -0.2) is 72.5 Å². The maximum absolute atomic E-state index is 14.1. The average Bonchev–Trinajstić information content (AvgIpc) is 4.27. The molecule has 7 aromatic rings. The molecule has 0 aromatic carbocycles. The van der Waals surface area contributed by atoms with Crippen LogP contribution in [0, 0.1) is 0 Å². The molecule has 4 fully saturated rings. The second-order valence-electron chi connectivity index (χ2n) is 18.6. The van der Waals surface area contributed by atoms with Crippen molar-refractivity contribution in [1.29, 1.82) is 0 Å². The van der Waals surface area contributed by atoms with Gasteiger partial charge in [0, 0.05) is 31.9 Å². The van der Waals surface area contributed by atoms with Crippen molar-refractivity contribution in [2.75, 3.05) is 49.4 Å². The van der Waals surface area contributed by atoms with Crippen molar-refractivity contribution in [2.24, 2.45) is 0 Å². The standard InChI is InChI=1S/C39H48N18O21P4/c40-25-1-2-54(39(59)53-25)27-4-18(22(73-27)7-68-79(60)61)76-81(64,65)70-9-24-20(6-29(75-24)57-16-52-32-35(43)46-13-49-38(32)57)78-82(66,67)71-10-23-19(5-28(74-23)56-15-51-31-34(42)45-12-48-37(31)56)77-80(62,63)69-8-21-17(58)3-26(72-21)55-14-50-30-33(41)44-11-47-36(30)55/h1-2,11-24,26-29,58H,3-10H2,(H,62,63)(H,64,65)(H,66,67)(H2,40,53,59)(H2,41,44,47)(H2,42,45,48)(H2,43,46,49)/t17-,18-,19-,20-,21+,22+,23+,24+,26+,27+,28+,29+/m0/s1. The first kappa shape index (κ1) is 57.5. The van der Waals surface area contributed by atoms with Gasteiger partial charge in [-0.05, 0) is 6.07 Å². The van der Waals surface area contributed by atoms with Gasteiger partial charge in [0.2, 0.25) is 0 Å². The van der Waals surface area contributed by atoms with E-state index in [-0.39, 0.29) is 76.8 Å². The highest BCUT2D eigenvalue weighted by Crippen LogP contribution is 2.54. The largest absolute Gasteiger partial charge is 0.472 e. The first-order valence-electron chi connectivity index (χ1n) is 24.3. The van der Waals surface area contributed by atoms with Crippen molar-refractivity contribution >= 4 is 88.1 Å². The molecule has 440 valence electrons. The molecule has 82 heavy (non-hydrogen) atoms. The fourth-order valence-electron chi connectivity index (χ4n) is 9.56. The number of nitrogens with zero attached hydrogens (tertiary/aromatic N) is 14. The summed E-state index contributed by atoms with van der Waals surface area (Å²) >= 11 is 0. The lowest BCUT2D eigenvalue weighted by Gasteiger charge is -2.25. The Morgan fingerprint density at radius 2 is 0.902 bits per heavy atom. The maximum atomic E-state index is 14.1. The van der Waals surface area contributed by atoms with Gasteiger partial charge < -0.3 is 61.7 Å². The smallest absolute Gasteiger partial charge is 0.390 e. The van der Waals surface area contributed by atoms with Gasteiger partial charge in [-0.2, -0.15) is 4.98 Å². The van der Waals surface area contributed by atoms with Crippen molar-refractivity contribution in [1.82, 2.24) is 68.1 Å². The zero-order valence-corrected chi connectivity index (χ0v) is 45.4. The normalized spacial score (nSPS) is 28.9. The molecule has 4 saturated heterocycles. The monoisotopic (exact) mass is 1230 g/mol. The predicted molar refractivity (Wildman–Crippen MR) is 268 cm³/mol. The highest BCUT2D eigenvalue weighted by Gasteiger charge is 2.49. The molecule has 0 aliphatic carbocycles. The predicted octanol–water partition coefficient (Wildman–Crippen LogP) is 0.214. The Balaban J connectivity index is 0.786. The number of anilines is 4. The molecular weight excluding hydrogens is 1180 g/mol. The van der Waals surface area contributed by atoms with Crippen molar-refractivity contribution in [2.45, 2.75) is 99.4 Å². The molecule has 4 aliphatic heterocycles. The molecule has 15 atom stereocenters. The molecule has 0 amide bonds. The summed E-state index contributed by atoms with van der Waals surface area (Å²) in [6.45, 7) is -3.16. The molecule has 0 spiro atoms. The summed E-state index contributed by atoms with van der Waals surface area (Å²) < 4.78 is 131. The quantitative estimate of drug-likeness (QED) is 0.0421. The van der Waals surface area contributed by atoms with Crippen LogP contribution in [0.2, 0.25) is 0 Å². The van der Waals surface area contributed by atoms with E-state index in [1.807, 2.05) is 0 Å². The second kappa shape index (κ2) is 23.1. The third-order valence-corrected chi connectivity index (χ3v) is 16.8. The molecular formula is C39H48N18O21P4. The summed E-state index contributed by atoms with van der Waals surface area (Å²) in [5, 5.41) is 10.9. The van der Waals surface area contributed by atoms with Crippen LogP contribution in [0.25, 0.3) is 33.5 Å². The summed E-state index contributed by atoms with van der Waals surface area (Å²) in [6.07, 6.45) is -7.67. The third-order valence-electron chi connectivity index (χ3n) is 13.4. The van der Waals surface area contributed by atoms with E-state index >= 15 is 0 Å². The van der Waals surface area contributed by atoms with Crippen molar-refractivity contribution in [3.05, 3.63) is 60.7 Å². The number of phosphoric ester groups is 3. The zero-order valence-electron chi connectivity index (χ0n) is 41.8. The van der Waals surface area contributed by atoms with Crippen LogP contribution in [-0.2, 0) is 73.4 Å². The highest BCUT2D eigenvalue weighted by molar-refractivity contribution is 7.48. The summed E-state index contributed by atoms with van der Waals surface area (Å²) in [7, 11) is -19.2.